The van der Waals surface area contributed by atoms with Crippen LogP contribution in [-0.2, 0) is 4.79 Å². The van der Waals surface area contributed by atoms with Crippen molar-refractivity contribution < 1.29 is 19.4 Å². The summed E-state index contributed by atoms with van der Waals surface area (Å²) in [5.41, 5.74) is 1.51. The van der Waals surface area contributed by atoms with Crippen molar-refractivity contribution in [2.75, 3.05) is 13.2 Å². The summed E-state index contributed by atoms with van der Waals surface area (Å²) in [6.45, 7) is 6.39. The average Bonchev–Trinajstić information content (AvgIpc) is 3.01. The number of benzene rings is 2. The van der Waals surface area contributed by atoms with E-state index in [2.05, 4.69) is 11.6 Å². The number of carboxylic acid groups (broad SMARTS) is 1. The number of amides is 1. The number of carboxylic acids is 1. The van der Waals surface area contributed by atoms with Crippen molar-refractivity contribution in [2.45, 2.75) is 6.92 Å². The zero-order valence-corrected chi connectivity index (χ0v) is 16.7. The number of aliphatic imine (C=N–C) groups is 1. The summed E-state index contributed by atoms with van der Waals surface area (Å²) in [5, 5.41) is 9.67. The molecule has 1 aliphatic rings. The Bertz CT molecular complexity index is 996. The second-order valence-corrected chi connectivity index (χ2v) is 7.09. The summed E-state index contributed by atoms with van der Waals surface area (Å²) in [6.07, 6.45) is 3.49. The summed E-state index contributed by atoms with van der Waals surface area (Å²) in [4.78, 5) is 30.5. The molecular formula is C22H20N2O4S. The molecule has 1 fully saturated rings. The van der Waals surface area contributed by atoms with Crippen molar-refractivity contribution in [3.8, 4) is 5.75 Å². The van der Waals surface area contributed by atoms with Gasteiger partial charge in [-0.25, -0.2) is 9.79 Å². The molecule has 0 aromatic heterocycles. The molecule has 2 aromatic carbocycles. The van der Waals surface area contributed by atoms with Crippen molar-refractivity contribution in [2.24, 2.45) is 4.99 Å². The smallest absolute Gasteiger partial charge is 0.335 e. The Balaban J connectivity index is 1.85. The molecule has 1 aliphatic heterocycles. The molecule has 0 aliphatic carbocycles. The molecule has 0 bridgehead atoms. The highest BCUT2D eigenvalue weighted by Gasteiger charge is 2.32. The highest BCUT2D eigenvalue weighted by molar-refractivity contribution is 8.18. The number of ether oxygens (including phenoxy) is 1. The monoisotopic (exact) mass is 408 g/mol. The van der Waals surface area contributed by atoms with E-state index in [0.29, 0.717) is 28.9 Å². The molecule has 1 heterocycles. The van der Waals surface area contributed by atoms with Gasteiger partial charge in [-0.1, -0.05) is 30.9 Å². The van der Waals surface area contributed by atoms with Crippen LogP contribution in [-0.4, -0.2) is 40.2 Å². The molecular weight excluding hydrogens is 388 g/mol. The molecule has 7 heteroatoms. The average molecular weight is 408 g/mol. The Morgan fingerprint density at radius 3 is 2.69 bits per heavy atom. The van der Waals surface area contributed by atoms with Gasteiger partial charge in [-0.3, -0.25) is 9.69 Å². The van der Waals surface area contributed by atoms with Gasteiger partial charge in [0.15, 0.2) is 5.17 Å². The highest BCUT2D eigenvalue weighted by Crippen LogP contribution is 2.34. The van der Waals surface area contributed by atoms with E-state index in [1.54, 1.807) is 23.1 Å². The molecule has 1 saturated heterocycles. The number of nitrogens with zero attached hydrogens (tertiary/aromatic N) is 2. The van der Waals surface area contributed by atoms with Crippen molar-refractivity contribution in [1.82, 2.24) is 4.90 Å². The fraction of sp³-hybridized carbons (Fsp3) is 0.136. The van der Waals surface area contributed by atoms with Crippen LogP contribution in [0.4, 0.5) is 5.69 Å². The number of likely N-dealkylation sites (N-methyl/N-ethyl adjacent to an activating group) is 1. The van der Waals surface area contributed by atoms with Gasteiger partial charge in [0.2, 0.25) is 0 Å². The van der Waals surface area contributed by atoms with E-state index in [0.717, 1.165) is 11.3 Å². The van der Waals surface area contributed by atoms with Crippen LogP contribution in [0.5, 0.6) is 5.75 Å². The fourth-order valence-electron chi connectivity index (χ4n) is 2.66. The van der Waals surface area contributed by atoms with Gasteiger partial charge in [-0.15, -0.1) is 0 Å². The molecule has 29 heavy (non-hydrogen) atoms. The molecule has 3 rings (SSSR count). The van der Waals surface area contributed by atoms with Crippen molar-refractivity contribution in [3.05, 3.63) is 77.2 Å². The second kappa shape index (κ2) is 9.25. The lowest BCUT2D eigenvalue weighted by Gasteiger charge is -2.12. The first-order valence-corrected chi connectivity index (χ1v) is 9.80. The Morgan fingerprint density at radius 1 is 1.28 bits per heavy atom. The van der Waals surface area contributed by atoms with Crippen LogP contribution < -0.4 is 4.74 Å². The lowest BCUT2D eigenvalue weighted by molar-refractivity contribution is -0.122. The Labute approximate surface area is 173 Å². The fourth-order valence-corrected chi connectivity index (χ4v) is 3.72. The molecule has 0 spiro atoms. The number of aromatic carboxylic acids is 1. The number of thioether (sulfide) groups is 1. The number of amidine groups is 1. The largest absolute Gasteiger partial charge is 0.490 e. The standard InChI is InChI=1S/C22H20N2O4S/c1-3-12-28-18-10-8-15(9-11-18)13-19-20(25)24(4-2)22(29-19)23-17-7-5-6-16(14-17)21(26)27/h3,5-11,13-14H,1,4,12H2,2H3,(H,26,27). The molecule has 0 unspecified atom stereocenters. The third-order valence-corrected chi connectivity index (χ3v) is 5.07. The van der Waals surface area contributed by atoms with Crippen LogP contribution >= 0.6 is 11.8 Å². The molecule has 148 valence electrons. The summed E-state index contributed by atoms with van der Waals surface area (Å²) in [6, 6.07) is 13.8. The van der Waals surface area contributed by atoms with Crippen LogP contribution in [0.2, 0.25) is 0 Å². The Kier molecular flexibility index (Phi) is 6.51. The van der Waals surface area contributed by atoms with E-state index in [9.17, 15) is 9.59 Å². The first kappa shape index (κ1) is 20.4. The summed E-state index contributed by atoms with van der Waals surface area (Å²) in [7, 11) is 0. The first-order chi connectivity index (χ1) is 14.0. The second-order valence-electron chi connectivity index (χ2n) is 6.08. The van der Waals surface area contributed by atoms with E-state index in [4.69, 9.17) is 9.84 Å². The van der Waals surface area contributed by atoms with E-state index < -0.39 is 5.97 Å². The van der Waals surface area contributed by atoms with Gasteiger partial charge in [-0.2, -0.15) is 0 Å². The number of carbonyl (C=O) groups excluding carboxylic acids is 1. The zero-order chi connectivity index (χ0) is 20.8. The lowest BCUT2D eigenvalue weighted by atomic mass is 10.2. The van der Waals surface area contributed by atoms with E-state index in [1.807, 2.05) is 37.3 Å². The first-order valence-electron chi connectivity index (χ1n) is 8.99. The predicted octanol–water partition coefficient (Wildman–Crippen LogP) is 4.57. The molecule has 1 N–H and O–H groups in total. The van der Waals surface area contributed by atoms with Gasteiger partial charge in [0.25, 0.3) is 5.91 Å². The predicted molar refractivity (Wildman–Crippen MR) is 116 cm³/mol. The maximum atomic E-state index is 12.8. The Morgan fingerprint density at radius 2 is 2.03 bits per heavy atom. The van der Waals surface area contributed by atoms with Crippen molar-refractivity contribution >= 4 is 40.6 Å². The lowest BCUT2D eigenvalue weighted by Crippen LogP contribution is -2.28. The SMILES string of the molecule is C=CCOc1ccc(C=C2SC(=Nc3cccc(C(=O)O)c3)N(CC)C2=O)cc1. The molecule has 0 atom stereocenters. The number of hydrogen-bond acceptors (Lipinski definition) is 5. The summed E-state index contributed by atoms with van der Waals surface area (Å²) in [5.74, 6) is -0.415. The number of rotatable bonds is 7. The van der Waals surface area contributed by atoms with Gasteiger partial charge >= 0.3 is 5.97 Å². The number of carbonyl (C=O) groups is 2. The summed E-state index contributed by atoms with van der Waals surface area (Å²) >= 11 is 1.27. The maximum Gasteiger partial charge on any atom is 0.335 e. The van der Waals surface area contributed by atoms with Gasteiger partial charge < -0.3 is 9.84 Å². The van der Waals surface area contributed by atoms with Gasteiger partial charge in [0.05, 0.1) is 16.2 Å². The zero-order valence-electron chi connectivity index (χ0n) is 15.9. The molecule has 0 radical (unpaired) electrons. The Hall–Kier alpha value is -3.32. The van der Waals surface area contributed by atoms with Crippen molar-refractivity contribution in [1.29, 1.82) is 0 Å². The van der Waals surface area contributed by atoms with Crippen LogP contribution in [0.25, 0.3) is 6.08 Å². The van der Waals surface area contributed by atoms with Crippen LogP contribution in [0.1, 0.15) is 22.8 Å². The highest BCUT2D eigenvalue weighted by atomic mass is 32.2. The minimum atomic E-state index is -1.02. The molecule has 1 amide bonds. The third kappa shape index (κ3) is 4.94. The molecule has 6 nitrogen and oxygen atoms in total. The maximum absolute atomic E-state index is 12.8. The quantitative estimate of drug-likeness (QED) is 0.536. The van der Waals surface area contributed by atoms with Crippen LogP contribution in [0.15, 0.2) is 71.1 Å². The van der Waals surface area contributed by atoms with Gasteiger partial charge in [0.1, 0.15) is 12.4 Å². The third-order valence-electron chi connectivity index (χ3n) is 4.07. The molecule has 2 aromatic rings. The van der Waals surface area contributed by atoms with Gasteiger partial charge in [-0.05, 0) is 60.7 Å². The van der Waals surface area contributed by atoms with Crippen molar-refractivity contribution in [3.63, 3.8) is 0 Å². The van der Waals surface area contributed by atoms with Crippen LogP contribution in [0, 0.1) is 0 Å². The van der Waals surface area contributed by atoms with E-state index in [1.165, 1.54) is 23.9 Å². The molecule has 0 saturated carbocycles. The van der Waals surface area contributed by atoms with E-state index in [-0.39, 0.29) is 11.5 Å². The van der Waals surface area contributed by atoms with Gasteiger partial charge in [0, 0.05) is 6.54 Å². The topological polar surface area (TPSA) is 79.2 Å². The number of hydrogen-bond donors (Lipinski definition) is 1. The summed E-state index contributed by atoms with van der Waals surface area (Å²) < 4.78 is 5.47. The van der Waals surface area contributed by atoms with E-state index >= 15 is 0 Å². The minimum Gasteiger partial charge on any atom is -0.490 e. The minimum absolute atomic E-state index is 0.127. The normalized spacial score (nSPS) is 16.4. The van der Waals surface area contributed by atoms with Crippen LogP contribution in [0.3, 0.4) is 0 Å².